The molecule has 12 nitrogen and oxygen atoms in total. The Morgan fingerprint density at radius 3 is 2.38 bits per heavy atom. The van der Waals surface area contributed by atoms with Gasteiger partial charge in [0.2, 0.25) is 5.95 Å². The summed E-state index contributed by atoms with van der Waals surface area (Å²) in [6.45, 7) is 9.33. The minimum absolute atomic E-state index is 0.00157. The number of aromatic nitrogens is 3. The molecule has 1 atom stereocenters. The zero-order valence-electron chi connectivity index (χ0n) is 29.2. The van der Waals surface area contributed by atoms with Crippen molar-refractivity contribution in [3.05, 3.63) is 46.0 Å². The maximum atomic E-state index is 13.4. The van der Waals surface area contributed by atoms with Crippen molar-refractivity contribution in [1.82, 2.24) is 28.6 Å². The van der Waals surface area contributed by atoms with E-state index in [0.29, 0.717) is 40.7 Å². The van der Waals surface area contributed by atoms with Crippen LogP contribution in [0.3, 0.4) is 0 Å². The summed E-state index contributed by atoms with van der Waals surface area (Å²) in [6.07, 6.45) is -1.31. The summed E-state index contributed by atoms with van der Waals surface area (Å²) in [5.41, 5.74) is 4.04. The van der Waals surface area contributed by atoms with Gasteiger partial charge in [-0.3, -0.25) is 9.80 Å². The van der Waals surface area contributed by atoms with Gasteiger partial charge in [0.25, 0.3) is 5.79 Å². The number of hydrogen-bond donors (Lipinski definition) is 4. The second-order valence-electron chi connectivity index (χ2n) is 14.1. The van der Waals surface area contributed by atoms with Crippen LogP contribution in [0.15, 0.2) is 24.3 Å². The first-order valence-electron chi connectivity index (χ1n) is 17.7. The number of piperazine rings is 1. The molecule has 280 valence electrons. The smallest absolute Gasteiger partial charge is 0.367 e. The predicted molar refractivity (Wildman–Crippen MR) is 196 cm³/mol. The van der Waals surface area contributed by atoms with Gasteiger partial charge in [0.15, 0.2) is 0 Å². The first-order chi connectivity index (χ1) is 24.8. The summed E-state index contributed by atoms with van der Waals surface area (Å²) in [6, 6.07) is 9.76. The van der Waals surface area contributed by atoms with E-state index in [1.165, 1.54) is 18.4 Å². The number of benzene rings is 1. The van der Waals surface area contributed by atoms with Crippen molar-refractivity contribution in [3.63, 3.8) is 0 Å². The fourth-order valence-corrected chi connectivity index (χ4v) is 9.70. The predicted octanol–water partition coefficient (Wildman–Crippen LogP) is 4.34. The van der Waals surface area contributed by atoms with Gasteiger partial charge in [0.05, 0.1) is 21.2 Å². The molecule has 2 saturated heterocycles. The molecular formula is C35H44F3N9O3S2. The highest BCUT2D eigenvalue weighted by Crippen LogP contribution is 2.43. The van der Waals surface area contributed by atoms with Crippen LogP contribution in [-0.2, 0) is 29.9 Å². The van der Waals surface area contributed by atoms with Gasteiger partial charge in [0.1, 0.15) is 22.4 Å². The van der Waals surface area contributed by atoms with E-state index in [9.17, 15) is 32.9 Å². The fraction of sp³-hybridized carbons (Fsp3) is 0.571. The Kier molecular flexibility index (Phi) is 10.5. The maximum absolute atomic E-state index is 13.4. The lowest BCUT2D eigenvalue weighted by atomic mass is 10.0. The van der Waals surface area contributed by atoms with Crippen LogP contribution in [0, 0.1) is 24.2 Å². The van der Waals surface area contributed by atoms with E-state index in [4.69, 9.17) is 0 Å². The number of aliphatic hydroxyl groups is 2. The van der Waals surface area contributed by atoms with E-state index in [-0.39, 0.29) is 16.8 Å². The fourth-order valence-electron chi connectivity index (χ4n) is 7.14. The molecule has 0 bridgehead atoms. The quantitative estimate of drug-likeness (QED) is 0.154. The number of likely N-dealkylation sites (tertiary alicyclic amines) is 1. The van der Waals surface area contributed by atoms with Gasteiger partial charge in [-0.05, 0) is 67.9 Å². The Balaban J connectivity index is 0.969. The Bertz CT molecular complexity index is 1990. The summed E-state index contributed by atoms with van der Waals surface area (Å²) < 4.78 is 56.9. The molecule has 2 aliphatic heterocycles. The van der Waals surface area contributed by atoms with Gasteiger partial charge in [-0.15, -0.1) is 11.3 Å². The molecule has 0 spiro atoms. The number of piperidine rings is 1. The van der Waals surface area contributed by atoms with Crippen molar-refractivity contribution in [3.8, 4) is 6.07 Å². The first-order valence-corrected chi connectivity index (χ1v) is 19.8. The van der Waals surface area contributed by atoms with Crippen molar-refractivity contribution < 1.29 is 27.6 Å². The number of fused-ring (bicyclic) bond motifs is 2. The zero-order chi connectivity index (χ0) is 36.8. The number of rotatable bonds is 12. The van der Waals surface area contributed by atoms with E-state index in [0.717, 1.165) is 93.5 Å². The SMILES string of the molecule is CNc1nc(NC2CCN(Cc3ccc4c(cc(C#N)n4CCN4CCN(S(=O)CC5CC5)CC4)c3C)CC2)c2cc(C(O)(O)C(F)(F)F)sc2n1. The largest absolute Gasteiger partial charge is 0.448 e. The van der Waals surface area contributed by atoms with E-state index >= 15 is 0 Å². The van der Waals surface area contributed by atoms with Crippen LogP contribution in [0.5, 0.6) is 0 Å². The molecule has 17 heteroatoms. The third-order valence-electron chi connectivity index (χ3n) is 10.6. The Morgan fingerprint density at radius 2 is 1.73 bits per heavy atom. The number of alkyl halides is 3. The molecule has 1 aromatic carbocycles. The normalized spacial score (nSPS) is 19.3. The number of thiophene rings is 1. The monoisotopic (exact) mass is 759 g/mol. The molecule has 0 radical (unpaired) electrons. The molecule has 3 aliphatic rings. The Labute approximate surface area is 306 Å². The van der Waals surface area contributed by atoms with Crippen molar-refractivity contribution in [2.75, 3.05) is 69.2 Å². The van der Waals surface area contributed by atoms with Gasteiger partial charge < -0.3 is 25.4 Å². The standard InChI is InChI=1S/C35H44F3N9O3S2/c1-22-24(5-6-29-27(22)17-26(19-39)47(29)16-13-44-11-14-46(15-12-44)52(50)21-23-3-4-23)20-45-9-7-25(8-10-45)41-31-28-18-30(34(48,49)35(36,37)38)51-32(28)43-33(40-2)42-31/h5-6,17-18,23,25,48-49H,3-4,7-16,20-21H2,1-2H3,(H2,40,41,42,43). The Morgan fingerprint density at radius 1 is 1.00 bits per heavy atom. The molecular weight excluding hydrogens is 716 g/mol. The van der Waals surface area contributed by atoms with Crippen LogP contribution in [0.4, 0.5) is 24.9 Å². The first kappa shape index (κ1) is 37.0. The molecule has 1 aliphatic carbocycles. The molecule has 3 aromatic heterocycles. The van der Waals surface area contributed by atoms with E-state index in [1.54, 1.807) is 7.05 Å². The lowest BCUT2D eigenvalue weighted by molar-refractivity contribution is -0.356. The number of anilines is 2. The van der Waals surface area contributed by atoms with Gasteiger partial charge in [-0.1, -0.05) is 6.07 Å². The van der Waals surface area contributed by atoms with Crippen molar-refractivity contribution in [2.24, 2.45) is 5.92 Å². The third kappa shape index (κ3) is 7.65. The van der Waals surface area contributed by atoms with E-state index in [2.05, 4.69) is 64.4 Å². The van der Waals surface area contributed by atoms with Crippen LogP contribution in [-0.4, -0.2) is 114 Å². The minimum Gasteiger partial charge on any atom is -0.367 e. The highest BCUT2D eigenvalue weighted by molar-refractivity contribution is 7.82. The van der Waals surface area contributed by atoms with Gasteiger partial charge in [-0.2, -0.15) is 23.4 Å². The van der Waals surface area contributed by atoms with Gasteiger partial charge in [0, 0.05) is 88.6 Å². The summed E-state index contributed by atoms with van der Waals surface area (Å²) in [5.74, 6) is -1.98. The average Bonchev–Trinajstić information content (AvgIpc) is 3.69. The summed E-state index contributed by atoms with van der Waals surface area (Å²) in [5, 5.41) is 37.3. The minimum atomic E-state index is -5.27. The second kappa shape index (κ2) is 14.8. The van der Waals surface area contributed by atoms with Crippen LogP contribution in [0.1, 0.15) is 47.4 Å². The molecule has 5 heterocycles. The van der Waals surface area contributed by atoms with E-state index in [1.807, 2.05) is 6.07 Å². The molecule has 1 unspecified atom stereocenters. The number of nitrogens with zero attached hydrogens (tertiary/aromatic N) is 7. The van der Waals surface area contributed by atoms with Crippen LogP contribution >= 0.6 is 11.3 Å². The van der Waals surface area contributed by atoms with Crippen LogP contribution < -0.4 is 10.6 Å². The molecule has 4 aromatic rings. The molecule has 1 saturated carbocycles. The van der Waals surface area contributed by atoms with Crippen molar-refractivity contribution in [1.29, 1.82) is 5.26 Å². The molecule has 3 fully saturated rings. The highest BCUT2D eigenvalue weighted by atomic mass is 32.2. The number of nitrogens with one attached hydrogen (secondary N) is 2. The molecule has 52 heavy (non-hydrogen) atoms. The van der Waals surface area contributed by atoms with Crippen LogP contribution in [0.2, 0.25) is 0 Å². The lowest BCUT2D eigenvalue weighted by Crippen LogP contribution is -2.48. The zero-order valence-corrected chi connectivity index (χ0v) is 30.9. The average molecular weight is 760 g/mol. The van der Waals surface area contributed by atoms with Gasteiger partial charge in [-0.25, -0.2) is 13.5 Å². The topological polar surface area (TPSA) is 146 Å². The number of halogens is 3. The summed E-state index contributed by atoms with van der Waals surface area (Å²) in [7, 11) is 0.735. The molecule has 0 amide bonds. The summed E-state index contributed by atoms with van der Waals surface area (Å²) >= 11 is 0.565. The Hall–Kier alpha value is -3.37. The lowest BCUT2D eigenvalue weighted by Gasteiger charge is -2.34. The van der Waals surface area contributed by atoms with E-state index < -0.39 is 27.8 Å². The number of aryl methyl sites for hydroxylation is 1. The molecule has 4 N–H and O–H groups in total. The van der Waals surface area contributed by atoms with Crippen molar-refractivity contribution >= 4 is 55.2 Å². The van der Waals surface area contributed by atoms with Crippen molar-refractivity contribution in [2.45, 2.75) is 63.7 Å². The number of nitriles is 1. The van der Waals surface area contributed by atoms with Gasteiger partial charge >= 0.3 is 6.18 Å². The van der Waals surface area contributed by atoms with Crippen LogP contribution in [0.25, 0.3) is 21.1 Å². The third-order valence-corrected chi connectivity index (χ3v) is 13.4. The second-order valence-corrected chi connectivity index (χ2v) is 16.6. The maximum Gasteiger partial charge on any atom is 0.448 e. The highest BCUT2D eigenvalue weighted by Gasteiger charge is 2.55. The molecule has 7 rings (SSSR count). The summed E-state index contributed by atoms with van der Waals surface area (Å²) in [4.78, 5) is 13.0. The number of hydrogen-bond acceptors (Lipinski definition) is 11.